The smallest absolute Gasteiger partial charge is 0.410 e. The summed E-state index contributed by atoms with van der Waals surface area (Å²) in [5.41, 5.74) is 0.551. The first kappa shape index (κ1) is 32.2. The molecule has 240 valence electrons. The van der Waals surface area contributed by atoms with Crippen molar-refractivity contribution < 1.29 is 32.3 Å². The van der Waals surface area contributed by atoms with Crippen LogP contribution in [0.3, 0.4) is 0 Å². The molecule has 1 aliphatic carbocycles. The number of carbonyl (C=O) groups is 4. The third-order valence-electron chi connectivity index (χ3n) is 8.85. The maximum Gasteiger partial charge on any atom is 0.410 e. The molecule has 5 rings (SSSR count). The Labute approximate surface area is 262 Å². The lowest BCUT2D eigenvalue weighted by atomic mass is 10.1. The molecule has 13 nitrogen and oxygen atoms in total. The van der Waals surface area contributed by atoms with Crippen LogP contribution in [0.25, 0.3) is 0 Å². The molecule has 3 heterocycles. The monoisotopic (exact) mass is 650 g/mol. The van der Waals surface area contributed by atoms with Crippen LogP contribution in [-0.4, -0.2) is 90.7 Å². The van der Waals surface area contributed by atoms with Gasteiger partial charge in [-0.3, -0.25) is 19.3 Å². The number of allylic oxidation sites excluding steroid dienone is 1. The van der Waals surface area contributed by atoms with Crippen LogP contribution in [-0.2, 0) is 42.4 Å². The topological polar surface area (TPSA) is 157 Å². The lowest BCUT2D eigenvalue weighted by Crippen LogP contribution is -2.58. The highest BCUT2D eigenvalue weighted by atomic mass is 35.5. The normalized spacial score (nSPS) is 29.9. The first-order valence-corrected chi connectivity index (χ1v) is 16.7. The Morgan fingerprint density at radius 2 is 1.82 bits per heavy atom. The number of hydrogen-bond donors (Lipinski definition) is 3. The fourth-order valence-corrected chi connectivity index (χ4v) is 6.91. The van der Waals surface area contributed by atoms with Crippen molar-refractivity contribution in [2.24, 2.45) is 5.92 Å². The Hall–Kier alpha value is -3.20. The molecule has 44 heavy (non-hydrogen) atoms. The van der Waals surface area contributed by atoms with Crippen LogP contribution < -0.4 is 14.9 Å². The number of rotatable bonds is 5. The molecule has 0 spiro atoms. The standard InChI is InChI=1S/C29H39ClN6O7S/c1-34(2)44(41,42)33-27(39)29-15-21(29)12-6-4-3-5-7-13-23(32-30)26(38)36-18-22(14-24(36)25(37)31-29)43-28(40)35-16-19-10-8-9-11-20(19)17-35/h6,8-12,21-24,32H,3-5,7,13-18H2,1-2H3,(H,31,37)(H,33,39)/b12-6-/t21-,22-,23+,24+,29-/m1/s1. The van der Waals surface area contributed by atoms with Crippen LogP contribution in [0.4, 0.5) is 4.79 Å². The maximum atomic E-state index is 13.9. The average molecular weight is 651 g/mol. The molecular formula is C29H39ClN6O7S. The van der Waals surface area contributed by atoms with Gasteiger partial charge in [-0.25, -0.2) is 14.4 Å². The van der Waals surface area contributed by atoms with Gasteiger partial charge in [0.05, 0.1) is 6.54 Å². The number of amides is 4. The van der Waals surface area contributed by atoms with Gasteiger partial charge in [-0.15, -0.1) is 0 Å². The van der Waals surface area contributed by atoms with E-state index in [1.165, 1.54) is 19.0 Å². The molecular weight excluding hydrogens is 612 g/mol. The molecule has 1 aromatic carbocycles. The number of nitrogens with zero attached hydrogens (tertiary/aromatic N) is 3. The molecule has 2 fully saturated rings. The maximum absolute atomic E-state index is 13.9. The van der Waals surface area contributed by atoms with E-state index in [4.69, 9.17) is 16.5 Å². The minimum Gasteiger partial charge on any atom is -0.444 e. The lowest BCUT2D eigenvalue weighted by Gasteiger charge is -2.29. The van der Waals surface area contributed by atoms with E-state index in [-0.39, 0.29) is 19.4 Å². The van der Waals surface area contributed by atoms with Gasteiger partial charge >= 0.3 is 16.3 Å². The van der Waals surface area contributed by atoms with E-state index in [2.05, 4.69) is 14.9 Å². The molecule has 0 bridgehead atoms. The summed E-state index contributed by atoms with van der Waals surface area (Å²) in [5.74, 6) is -2.34. The molecule has 1 saturated carbocycles. The number of halogens is 1. The van der Waals surface area contributed by atoms with Crippen molar-refractivity contribution in [3.05, 3.63) is 47.5 Å². The summed E-state index contributed by atoms with van der Waals surface area (Å²) < 4.78 is 33.7. The van der Waals surface area contributed by atoms with Gasteiger partial charge in [-0.05, 0) is 48.6 Å². The zero-order valence-electron chi connectivity index (χ0n) is 24.8. The van der Waals surface area contributed by atoms with Gasteiger partial charge in [0.1, 0.15) is 23.7 Å². The number of hydrogen-bond acceptors (Lipinski definition) is 8. The van der Waals surface area contributed by atoms with Gasteiger partial charge in [-0.1, -0.05) is 49.3 Å². The van der Waals surface area contributed by atoms with Gasteiger partial charge in [0.2, 0.25) is 11.8 Å². The van der Waals surface area contributed by atoms with E-state index in [9.17, 15) is 27.6 Å². The summed E-state index contributed by atoms with van der Waals surface area (Å²) in [5, 5.41) is 2.78. The third-order valence-corrected chi connectivity index (χ3v) is 10.5. The molecule has 3 N–H and O–H groups in total. The van der Waals surface area contributed by atoms with Crippen LogP contribution in [0.5, 0.6) is 0 Å². The summed E-state index contributed by atoms with van der Waals surface area (Å²) in [6, 6.07) is 5.87. The first-order valence-electron chi connectivity index (χ1n) is 14.9. The van der Waals surface area contributed by atoms with E-state index < -0.39 is 63.7 Å². The van der Waals surface area contributed by atoms with Gasteiger partial charge in [0.25, 0.3) is 5.91 Å². The predicted molar refractivity (Wildman–Crippen MR) is 161 cm³/mol. The Bertz CT molecular complexity index is 1410. The average Bonchev–Trinajstić information content (AvgIpc) is 3.29. The zero-order chi connectivity index (χ0) is 31.6. The molecule has 5 atom stereocenters. The molecule has 0 unspecified atom stereocenters. The predicted octanol–water partition coefficient (Wildman–Crippen LogP) is 1.54. The summed E-state index contributed by atoms with van der Waals surface area (Å²) in [4.78, 5) is 59.6. The molecule has 15 heteroatoms. The highest BCUT2D eigenvalue weighted by Gasteiger charge is 2.61. The number of ether oxygens (including phenoxy) is 1. The van der Waals surface area contributed by atoms with E-state index in [1.54, 1.807) is 4.90 Å². The lowest BCUT2D eigenvalue weighted by molar-refractivity contribution is -0.141. The summed E-state index contributed by atoms with van der Waals surface area (Å²) in [6.45, 7) is 0.764. The number of benzene rings is 1. The second-order valence-electron chi connectivity index (χ2n) is 12.1. The number of fused-ring (bicyclic) bond motifs is 3. The zero-order valence-corrected chi connectivity index (χ0v) is 26.4. The van der Waals surface area contributed by atoms with E-state index in [0.29, 0.717) is 19.5 Å². The van der Waals surface area contributed by atoms with Gasteiger partial charge in [0, 0.05) is 39.5 Å². The third kappa shape index (κ3) is 6.72. The van der Waals surface area contributed by atoms with Crippen molar-refractivity contribution in [2.75, 3.05) is 20.6 Å². The van der Waals surface area contributed by atoms with Crippen LogP contribution in [0.1, 0.15) is 56.1 Å². The Morgan fingerprint density at radius 1 is 1.11 bits per heavy atom. The summed E-state index contributed by atoms with van der Waals surface area (Å²) in [7, 11) is -1.54. The van der Waals surface area contributed by atoms with Gasteiger partial charge in [0.15, 0.2) is 0 Å². The number of carbonyl (C=O) groups excluding carboxylic acids is 4. The molecule has 1 saturated heterocycles. The minimum atomic E-state index is -4.12. The summed E-state index contributed by atoms with van der Waals surface area (Å²) in [6.07, 6.45) is 6.23. The van der Waals surface area contributed by atoms with Crippen LogP contribution in [0.2, 0.25) is 0 Å². The fourth-order valence-electron chi connectivity index (χ4n) is 6.11. The molecule has 0 radical (unpaired) electrons. The first-order chi connectivity index (χ1) is 20.9. The van der Waals surface area contributed by atoms with E-state index >= 15 is 0 Å². The van der Waals surface area contributed by atoms with Crippen molar-refractivity contribution in [3.63, 3.8) is 0 Å². The molecule has 4 amide bonds. The largest absolute Gasteiger partial charge is 0.444 e. The highest BCUT2D eigenvalue weighted by Crippen LogP contribution is 2.45. The highest BCUT2D eigenvalue weighted by molar-refractivity contribution is 7.87. The van der Waals surface area contributed by atoms with Crippen molar-refractivity contribution in [1.82, 2.24) is 29.0 Å². The van der Waals surface area contributed by atoms with Crippen LogP contribution in [0.15, 0.2) is 36.4 Å². The second-order valence-corrected chi connectivity index (χ2v) is 14.2. The van der Waals surface area contributed by atoms with Crippen LogP contribution in [0, 0.1) is 5.92 Å². The summed E-state index contributed by atoms with van der Waals surface area (Å²) >= 11 is 6.00. The minimum absolute atomic E-state index is 0.00725. The molecule has 3 aliphatic heterocycles. The fraction of sp³-hybridized carbons (Fsp3) is 0.586. The SMILES string of the molecule is CN(C)S(=O)(=O)NC(=O)[C@@]12C[C@H]1/C=C\CCCCC[C@H](NCl)C(=O)N1C[C@H](OC(=O)N3Cc4ccccc4C3)C[C@H]1C(=O)N2. The van der Waals surface area contributed by atoms with Gasteiger partial charge < -0.3 is 15.0 Å². The van der Waals surface area contributed by atoms with Crippen molar-refractivity contribution in [2.45, 2.75) is 81.8 Å². The second kappa shape index (κ2) is 13.0. The Balaban J connectivity index is 1.37. The van der Waals surface area contributed by atoms with Gasteiger partial charge in [-0.2, -0.15) is 12.7 Å². The Morgan fingerprint density at radius 3 is 2.48 bits per heavy atom. The van der Waals surface area contributed by atoms with Crippen LogP contribution >= 0.6 is 11.8 Å². The quantitative estimate of drug-likeness (QED) is 0.320. The molecule has 4 aliphatic rings. The van der Waals surface area contributed by atoms with E-state index in [0.717, 1.165) is 41.1 Å². The van der Waals surface area contributed by atoms with E-state index in [1.807, 2.05) is 36.4 Å². The Kier molecular flexibility index (Phi) is 9.54. The van der Waals surface area contributed by atoms with Crippen molar-refractivity contribution in [3.8, 4) is 0 Å². The number of nitrogens with one attached hydrogen (secondary N) is 3. The van der Waals surface area contributed by atoms with Crippen molar-refractivity contribution >= 4 is 45.8 Å². The molecule has 0 aromatic heterocycles. The molecule has 1 aromatic rings. The van der Waals surface area contributed by atoms with Crippen molar-refractivity contribution in [1.29, 1.82) is 0 Å².